The van der Waals surface area contributed by atoms with Crippen LogP contribution in [0.2, 0.25) is 0 Å². The third-order valence-electron chi connectivity index (χ3n) is 5.82. The van der Waals surface area contributed by atoms with Gasteiger partial charge in [-0.1, -0.05) is 18.6 Å². The van der Waals surface area contributed by atoms with E-state index < -0.39 is 0 Å². The Kier molecular flexibility index (Phi) is 5.23. The predicted octanol–water partition coefficient (Wildman–Crippen LogP) is 2.01. The molecule has 24 heavy (non-hydrogen) atoms. The number of carbonyl (C=O) groups is 1. The molecule has 0 unspecified atom stereocenters. The average molecular weight is 332 g/mol. The lowest BCUT2D eigenvalue weighted by Crippen LogP contribution is -2.59. The maximum Gasteiger partial charge on any atom is 0.248 e. The number of methoxy groups -OCH3 is 2. The molecule has 132 valence electrons. The summed E-state index contributed by atoms with van der Waals surface area (Å²) in [4.78, 5) is 14.1. The first-order valence-corrected chi connectivity index (χ1v) is 8.78. The Hall–Kier alpha value is -1.43. The van der Waals surface area contributed by atoms with Gasteiger partial charge < -0.3 is 20.1 Å². The summed E-state index contributed by atoms with van der Waals surface area (Å²) in [7, 11) is 3.56. The fraction of sp³-hybridized carbons (Fsp3) is 0.632. The van der Waals surface area contributed by atoms with Gasteiger partial charge in [0, 0.05) is 51.3 Å². The number of benzene rings is 1. The topological polar surface area (TPSA) is 64.8 Å². The molecule has 1 saturated carbocycles. The highest BCUT2D eigenvalue weighted by Crippen LogP contribution is 2.51. The molecule has 5 nitrogen and oxygen atoms in total. The number of likely N-dealkylation sites (tertiary alicyclic amines) is 1. The van der Waals surface area contributed by atoms with E-state index in [1.807, 2.05) is 19.2 Å². The van der Waals surface area contributed by atoms with Crippen molar-refractivity contribution in [2.24, 2.45) is 17.6 Å². The zero-order chi connectivity index (χ0) is 17.2. The summed E-state index contributed by atoms with van der Waals surface area (Å²) < 4.78 is 11.5. The molecule has 5 heteroatoms. The number of fused-ring (bicyclic) bond motifs is 2. The first kappa shape index (κ1) is 17.4. The van der Waals surface area contributed by atoms with Gasteiger partial charge in [-0.15, -0.1) is 0 Å². The molecule has 0 aromatic heterocycles. The standard InChI is InChI=1S/C19H28N2O3/c1-23-10-9-21-12-16-7-4-8-17(13-21)19(16,24-2)15-6-3-5-14(11-15)18(20)22/h3,5-6,11,16-17H,4,7-10,12-13H2,1-2H3,(H2,20,22)/t16-,17+,19-. The van der Waals surface area contributed by atoms with Crippen LogP contribution in [0.25, 0.3) is 0 Å². The van der Waals surface area contributed by atoms with Crippen LogP contribution in [0.3, 0.4) is 0 Å². The Labute approximate surface area is 144 Å². The highest BCUT2D eigenvalue weighted by molar-refractivity contribution is 5.92. The van der Waals surface area contributed by atoms with Crippen molar-refractivity contribution < 1.29 is 14.3 Å². The maximum atomic E-state index is 11.6. The van der Waals surface area contributed by atoms with Crippen LogP contribution < -0.4 is 5.73 Å². The van der Waals surface area contributed by atoms with Gasteiger partial charge in [-0.2, -0.15) is 0 Å². The normalized spacial score (nSPS) is 30.2. The SMILES string of the molecule is COCCN1C[C@H]2CCC[C@@H](C1)[C@@]2(OC)c1cccc(C(N)=O)c1. The fourth-order valence-electron chi connectivity index (χ4n) is 4.77. The summed E-state index contributed by atoms with van der Waals surface area (Å²) in [5, 5.41) is 0. The first-order chi connectivity index (χ1) is 11.6. The molecule has 2 fully saturated rings. The number of nitrogens with zero attached hydrogens (tertiary/aromatic N) is 1. The summed E-state index contributed by atoms with van der Waals surface area (Å²) in [6, 6.07) is 7.72. The Morgan fingerprint density at radius 2 is 2.00 bits per heavy atom. The second-order valence-electron chi connectivity index (χ2n) is 7.02. The predicted molar refractivity (Wildman–Crippen MR) is 92.8 cm³/mol. The Bertz CT molecular complexity index is 576. The van der Waals surface area contributed by atoms with Gasteiger partial charge in [-0.25, -0.2) is 0 Å². The number of primary amides is 1. The molecule has 2 N–H and O–H groups in total. The Balaban J connectivity index is 1.94. The Morgan fingerprint density at radius 3 is 2.58 bits per heavy atom. The molecule has 1 aliphatic carbocycles. The van der Waals surface area contributed by atoms with Gasteiger partial charge in [0.25, 0.3) is 0 Å². The summed E-state index contributed by atoms with van der Waals surface area (Å²) in [6.07, 6.45) is 3.54. The van der Waals surface area contributed by atoms with E-state index in [9.17, 15) is 4.79 Å². The van der Waals surface area contributed by atoms with Crippen LogP contribution in [0.4, 0.5) is 0 Å². The van der Waals surface area contributed by atoms with Crippen LogP contribution >= 0.6 is 0 Å². The molecule has 0 spiro atoms. The minimum atomic E-state index is -0.384. The van der Waals surface area contributed by atoms with E-state index in [4.69, 9.17) is 15.2 Å². The Morgan fingerprint density at radius 1 is 1.29 bits per heavy atom. The molecule has 2 aliphatic rings. The van der Waals surface area contributed by atoms with Gasteiger partial charge >= 0.3 is 0 Å². The molecule has 1 heterocycles. The van der Waals surface area contributed by atoms with E-state index in [0.717, 1.165) is 44.6 Å². The molecule has 1 aromatic carbocycles. The van der Waals surface area contributed by atoms with Crippen molar-refractivity contribution >= 4 is 5.91 Å². The van der Waals surface area contributed by atoms with Crippen LogP contribution in [-0.4, -0.2) is 51.3 Å². The minimum Gasteiger partial charge on any atom is -0.383 e. The van der Waals surface area contributed by atoms with E-state index in [1.54, 1.807) is 13.2 Å². The average Bonchev–Trinajstić information content (AvgIpc) is 2.59. The lowest BCUT2D eigenvalue weighted by molar-refractivity contribution is -0.170. The molecular formula is C19H28N2O3. The molecule has 1 aromatic rings. The lowest BCUT2D eigenvalue weighted by Gasteiger charge is -2.55. The molecule has 0 radical (unpaired) electrons. The largest absolute Gasteiger partial charge is 0.383 e. The quantitative estimate of drug-likeness (QED) is 0.865. The minimum absolute atomic E-state index is 0.312. The van der Waals surface area contributed by atoms with Gasteiger partial charge in [0.05, 0.1) is 6.61 Å². The van der Waals surface area contributed by atoms with Crippen molar-refractivity contribution in [3.05, 3.63) is 35.4 Å². The molecule has 1 aliphatic heterocycles. The van der Waals surface area contributed by atoms with E-state index in [1.165, 1.54) is 6.42 Å². The third kappa shape index (κ3) is 2.96. The number of carbonyl (C=O) groups excluding carboxylic acids is 1. The summed E-state index contributed by atoms with van der Waals surface area (Å²) in [5.74, 6) is 0.468. The van der Waals surface area contributed by atoms with Crippen LogP contribution in [0.15, 0.2) is 24.3 Å². The van der Waals surface area contributed by atoms with Crippen LogP contribution in [0.1, 0.15) is 35.2 Å². The highest BCUT2D eigenvalue weighted by atomic mass is 16.5. The third-order valence-corrected chi connectivity index (χ3v) is 5.82. The maximum absolute atomic E-state index is 11.6. The van der Waals surface area contributed by atoms with Crippen molar-refractivity contribution in [3.63, 3.8) is 0 Å². The van der Waals surface area contributed by atoms with Crippen molar-refractivity contribution in [1.82, 2.24) is 4.90 Å². The van der Waals surface area contributed by atoms with Gasteiger partial charge in [0.2, 0.25) is 5.91 Å². The van der Waals surface area contributed by atoms with Crippen LogP contribution in [0, 0.1) is 11.8 Å². The molecular weight excluding hydrogens is 304 g/mol. The van der Waals surface area contributed by atoms with Crippen molar-refractivity contribution in [1.29, 1.82) is 0 Å². The van der Waals surface area contributed by atoms with Crippen molar-refractivity contribution in [2.45, 2.75) is 24.9 Å². The number of hydrogen-bond acceptors (Lipinski definition) is 4. The van der Waals surface area contributed by atoms with Crippen LogP contribution in [0.5, 0.6) is 0 Å². The molecule has 1 amide bonds. The van der Waals surface area contributed by atoms with Crippen LogP contribution in [-0.2, 0) is 15.1 Å². The van der Waals surface area contributed by atoms with E-state index in [2.05, 4.69) is 11.0 Å². The van der Waals surface area contributed by atoms with E-state index in [0.29, 0.717) is 17.4 Å². The smallest absolute Gasteiger partial charge is 0.248 e. The number of hydrogen-bond donors (Lipinski definition) is 1. The summed E-state index contributed by atoms with van der Waals surface area (Å²) in [6.45, 7) is 3.74. The zero-order valence-corrected chi connectivity index (χ0v) is 14.7. The van der Waals surface area contributed by atoms with Crippen molar-refractivity contribution in [3.8, 4) is 0 Å². The summed E-state index contributed by atoms with van der Waals surface area (Å²) in [5.41, 5.74) is 6.83. The zero-order valence-electron chi connectivity index (χ0n) is 14.7. The van der Waals surface area contributed by atoms with E-state index >= 15 is 0 Å². The summed E-state index contributed by atoms with van der Waals surface area (Å²) >= 11 is 0. The fourth-order valence-corrected chi connectivity index (χ4v) is 4.77. The second-order valence-corrected chi connectivity index (χ2v) is 7.02. The monoisotopic (exact) mass is 332 g/mol. The number of nitrogens with two attached hydrogens (primary N) is 1. The number of rotatable bonds is 6. The highest BCUT2D eigenvalue weighted by Gasteiger charge is 2.53. The van der Waals surface area contributed by atoms with Gasteiger partial charge in [-0.05, 0) is 30.5 Å². The lowest BCUT2D eigenvalue weighted by atomic mass is 9.62. The number of ether oxygens (including phenoxy) is 2. The number of piperidine rings is 1. The van der Waals surface area contributed by atoms with Crippen molar-refractivity contribution in [2.75, 3.05) is 40.5 Å². The molecule has 1 saturated heterocycles. The van der Waals surface area contributed by atoms with Gasteiger partial charge in [-0.3, -0.25) is 4.79 Å². The molecule has 3 rings (SSSR count). The molecule has 3 atom stereocenters. The first-order valence-electron chi connectivity index (χ1n) is 8.78. The van der Waals surface area contributed by atoms with Gasteiger partial charge in [0.1, 0.15) is 5.60 Å². The van der Waals surface area contributed by atoms with Gasteiger partial charge in [0.15, 0.2) is 0 Å². The molecule has 2 bridgehead atoms. The number of amides is 1. The second kappa shape index (κ2) is 7.21. The van der Waals surface area contributed by atoms with E-state index in [-0.39, 0.29) is 11.5 Å².